The van der Waals surface area contributed by atoms with E-state index in [0.717, 1.165) is 30.2 Å². The fraction of sp³-hybridized carbons (Fsp3) is 0.700. The minimum atomic E-state index is 0.469. The van der Waals surface area contributed by atoms with Crippen molar-refractivity contribution in [1.29, 1.82) is 0 Å². The van der Waals surface area contributed by atoms with Gasteiger partial charge in [-0.15, -0.1) is 0 Å². The Balaban J connectivity index is 1.27. The molecule has 0 bridgehead atoms. The van der Waals surface area contributed by atoms with Crippen LogP contribution in [0, 0.1) is 5.92 Å². The Kier molecular flexibility index (Phi) is 4.10. The van der Waals surface area contributed by atoms with Crippen LogP contribution in [0.25, 0.3) is 0 Å². The number of nitrogens with two attached hydrogens (primary N) is 1. The van der Waals surface area contributed by atoms with E-state index in [-0.39, 0.29) is 0 Å². The first-order valence-corrected chi connectivity index (χ1v) is 9.51. The van der Waals surface area contributed by atoms with Crippen molar-refractivity contribution in [2.75, 3.05) is 25.4 Å². The SMILES string of the molecule is CC1CCCN1CCNC1CC[C@]2(c3cccc(N)c3)CC2C1. The monoisotopic (exact) mass is 313 g/mol. The summed E-state index contributed by atoms with van der Waals surface area (Å²) in [4.78, 5) is 2.64. The van der Waals surface area contributed by atoms with Crippen LogP contribution < -0.4 is 11.1 Å². The fourth-order valence-electron chi connectivity index (χ4n) is 5.16. The van der Waals surface area contributed by atoms with Crippen molar-refractivity contribution >= 4 is 5.69 Å². The van der Waals surface area contributed by atoms with Crippen LogP contribution in [0.3, 0.4) is 0 Å². The molecular weight excluding hydrogens is 282 g/mol. The minimum absolute atomic E-state index is 0.469. The van der Waals surface area contributed by atoms with Gasteiger partial charge in [0.25, 0.3) is 0 Å². The molecule has 0 amide bonds. The van der Waals surface area contributed by atoms with Crippen LogP contribution in [0.15, 0.2) is 24.3 Å². The predicted molar refractivity (Wildman–Crippen MR) is 96.6 cm³/mol. The largest absolute Gasteiger partial charge is 0.399 e. The molecule has 1 aliphatic heterocycles. The highest BCUT2D eigenvalue weighted by Gasteiger charge is 2.57. The van der Waals surface area contributed by atoms with Gasteiger partial charge in [-0.25, -0.2) is 0 Å². The van der Waals surface area contributed by atoms with E-state index < -0.39 is 0 Å². The fourth-order valence-corrected chi connectivity index (χ4v) is 5.16. The van der Waals surface area contributed by atoms with Crippen molar-refractivity contribution in [3.63, 3.8) is 0 Å². The van der Waals surface area contributed by atoms with Crippen molar-refractivity contribution in [2.45, 2.75) is 62.9 Å². The summed E-state index contributed by atoms with van der Waals surface area (Å²) in [5.74, 6) is 0.876. The second-order valence-corrected chi connectivity index (χ2v) is 8.14. The van der Waals surface area contributed by atoms with Crippen molar-refractivity contribution in [1.82, 2.24) is 10.2 Å². The van der Waals surface area contributed by atoms with Gasteiger partial charge in [0.2, 0.25) is 0 Å². The zero-order chi connectivity index (χ0) is 15.9. The van der Waals surface area contributed by atoms with E-state index in [1.165, 1.54) is 57.2 Å². The molecule has 2 saturated carbocycles. The topological polar surface area (TPSA) is 41.3 Å². The lowest BCUT2D eigenvalue weighted by Crippen LogP contribution is -2.40. The van der Waals surface area contributed by atoms with Crippen LogP contribution in [0.5, 0.6) is 0 Å². The van der Waals surface area contributed by atoms with E-state index in [4.69, 9.17) is 5.73 Å². The average molecular weight is 313 g/mol. The number of likely N-dealkylation sites (tertiary alicyclic amines) is 1. The van der Waals surface area contributed by atoms with Gasteiger partial charge in [-0.2, -0.15) is 0 Å². The number of benzene rings is 1. The summed E-state index contributed by atoms with van der Waals surface area (Å²) in [5.41, 5.74) is 8.87. The third kappa shape index (κ3) is 3.01. The van der Waals surface area contributed by atoms with Gasteiger partial charge < -0.3 is 11.1 Å². The highest BCUT2D eigenvalue weighted by molar-refractivity contribution is 5.46. The molecule has 1 heterocycles. The molecule has 3 heteroatoms. The Morgan fingerprint density at radius 1 is 1.35 bits per heavy atom. The van der Waals surface area contributed by atoms with Gasteiger partial charge in [-0.3, -0.25) is 4.90 Å². The number of fused-ring (bicyclic) bond motifs is 1. The first-order chi connectivity index (χ1) is 11.2. The van der Waals surface area contributed by atoms with E-state index in [2.05, 4.69) is 35.3 Å². The molecule has 3 N–H and O–H groups in total. The van der Waals surface area contributed by atoms with Crippen LogP contribution >= 0.6 is 0 Å². The van der Waals surface area contributed by atoms with Crippen LogP contribution in [-0.4, -0.2) is 36.6 Å². The van der Waals surface area contributed by atoms with Crippen LogP contribution in [0.4, 0.5) is 5.69 Å². The molecule has 1 saturated heterocycles. The van der Waals surface area contributed by atoms with Gasteiger partial charge in [-0.05, 0) is 81.0 Å². The number of nitrogen functional groups attached to an aromatic ring is 1. The normalized spacial score (nSPS) is 36.8. The molecule has 2 aliphatic carbocycles. The number of rotatable bonds is 5. The van der Waals surface area contributed by atoms with Crippen molar-refractivity contribution in [3.05, 3.63) is 29.8 Å². The lowest BCUT2D eigenvalue weighted by atomic mass is 9.80. The molecule has 4 atom stereocenters. The Morgan fingerprint density at radius 3 is 3.00 bits per heavy atom. The Bertz CT molecular complexity index is 558. The third-order valence-electron chi connectivity index (χ3n) is 6.72. The maximum Gasteiger partial charge on any atom is 0.0316 e. The molecule has 3 nitrogen and oxygen atoms in total. The van der Waals surface area contributed by atoms with E-state index in [9.17, 15) is 0 Å². The second-order valence-electron chi connectivity index (χ2n) is 8.14. The van der Waals surface area contributed by atoms with Crippen LogP contribution in [-0.2, 0) is 5.41 Å². The zero-order valence-electron chi connectivity index (χ0n) is 14.4. The summed E-state index contributed by atoms with van der Waals surface area (Å²) in [6.07, 6.45) is 8.14. The minimum Gasteiger partial charge on any atom is -0.399 e. The molecule has 23 heavy (non-hydrogen) atoms. The third-order valence-corrected chi connectivity index (χ3v) is 6.72. The zero-order valence-corrected chi connectivity index (χ0v) is 14.4. The molecule has 3 unspecified atom stereocenters. The van der Waals surface area contributed by atoms with Gasteiger partial charge in [0.15, 0.2) is 0 Å². The molecule has 1 aromatic rings. The number of anilines is 1. The summed E-state index contributed by atoms with van der Waals surface area (Å²) >= 11 is 0. The number of hydrogen-bond acceptors (Lipinski definition) is 3. The standard InChI is InChI=1S/C20H31N3/c1-15-4-3-10-23(15)11-9-22-19-7-8-20(14-17(20)13-19)16-5-2-6-18(21)12-16/h2,5-6,12,15,17,19,22H,3-4,7-11,13-14,21H2,1H3/t15?,17?,19?,20-/m1/s1. The smallest absolute Gasteiger partial charge is 0.0316 e. The highest BCUT2D eigenvalue weighted by atomic mass is 15.2. The predicted octanol–water partition coefficient (Wildman–Crippen LogP) is 3.15. The second kappa shape index (κ2) is 6.10. The Labute approximate surface area is 140 Å². The molecule has 0 aromatic heterocycles. The number of nitrogens with zero attached hydrogens (tertiary/aromatic N) is 1. The van der Waals surface area contributed by atoms with Crippen molar-refractivity contribution in [3.8, 4) is 0 Å². The molecule has 1 aromatic carbocycles. The maximum absolute atomic E-state index is 5.99. The maximum atomic E-state index is 5.99. The van der Waals surface area contributed by atoms with Gasteiger partial charge in [0.05, 0.1) is 0 Å². The van der Waals surface area contributed by atoms with Gasteiger partial charge >= 0.3 is 0 Å². The van der Waals surface area contributed by atoms with Crippen LogP contribution in [0.1, 0.15) is 51.0 Å². The average Bonchev–Trinajstić information content (AvgIpc) is 3.15. The first-order valence-electron chi connectivity index (χ1n) is 9.51. The molecule has 3 fully saturated rings. The molecule has 0 radical (unpaired) electrons. The Hall–Kier alpha value is -1.06. The molecule has 126 valence electrons. The highest BCUT2D eigenvalue weighted by Crippen LogP contribution is 2.62. The van der Waals surface area contributed by atoms with Crippen molar-refractivity contribution < 1.29 is 0 Å². The van der Waals surface area contributed by atoms with Crippen molar-refractivity contribution in [2.24, 2.45) is 5.92 Å². The lowest BCUT2D eigenvalue weighted by molar-refractivity contribution is 0.253. The van der Waals surface area contributed by atoms with E-state index >= 15 is 0 Å². The quantitative estimate of drug-likeness (QED) is 0.821. The molecule has 0 spiro atoms. The first kappa shape index (κ1) is 15.5. The van der Waals surface area contributed by atoms with Gasteiger partial charge in [-0.1, -0.05) is 12.1 Å². The summed E-state index contributed by atoms with van der Waals surface area (Å²) in [7, 11) is 0. The summed E-state index contributed by atoms with van der Waals surface area (Å²) in [6, 6.07) is 10.2. The van der Waals surface area contributed by atoms with Gasteiger partial charge in [0.1, 0.15) is 0 Å². The number of hydrogen-bond donors (Lipinski definition) is 2. The van der Waals surface area contributed by atoms with Crippen LogP contribution in [0.2, 0.25) is 0 Å². The summed E-state index contributed by atoms with van der Waals surface area (Å²) in [5, 5.41) is 3.84. The molecule has 4 rings (SSSR count). The van der Waals surface area contributed by atoms with E-state index in [1.807, 2.05) is 6.07 Å². The number of nitrogens with one attached hydrogen (secondary N) is 1. The lowest BCUT2D eigenvalue weighted by Gasteiger charge is -2.30. The summed E-state index contributed by atoms with van der Waals surface area (Å²) < 4.78 is 0. The summed E-state index contributed by atoms with van der Waals surface area (Å²) in [6.45, 7) is 6.06. The van der Waals surface area contributed by atoms with E-state index in [1.54, 1.807) is 0 Å². The van der Waals surface area contributed by atoms with Gasteiger partial charge in [0, 0.05) is 30.9 Å². The molecule has 3 aliphatic rings. The molecular formula is C20H31N3. The van der Waals surface area contributed by atoms with E-state index in [0.29, 0.717) is 5.41 Å². The Morgan fingerprint density at radius 2 is 2.26 bits per heavy atom.